The van der Waals surface area contributed by atoms with E-state index >= 15 is 0 Å². The Morgan fingerprint density at radius 1 is 1.37 bits per heavy atom. The van der Waals surface area contributed by atoms with Crippen LogP contribution in [0.4, 0.5) is 8.78 Å². The number of ether oxygens (including phenoxy) is 1. The maximum Gasteiger partial charge on any atom is 0.284 e. The molecule has 7 heteroatoms. The second-order valence-electron chi connectivity index (χ2n) is 3.87. The summed E-state index contributed by atoms with van der Waals surface area (Å²) in [6.07, 6.45) is 1.39. The SMILES string of the molecule is COc1ccc(-c2cn(C)c(C(N)=O)n2)c(F)c1F. The van der Waals surface area contributed by atoms with Gasteiger partial charge in [-0.1, -0.05) is 0 Å². The number of methoxy groups -OCH3 is 1. The third kappa shape index (κ3) is 2.14. The zero-order valence-electron chi connectivity index (χ0n) is 10.3. The summed E-state index contributed by atoms with van der Waals surface area (Å²) in [6, 6.07) is 2.61. The van der Waals surface area contributed by atoms with E-state index in [1.807, 2.05) is 0 Å². The Hall–Kier alpha value is -2.44. The first-order valence-corrected chi connectivity index (χ1v) is 5.31. The number of nitrogens with zero attached hydrogens (tertiary/aromatic N) is 2. The third-order valence-electron chi connectivity index (χ3n) is 2.64. The van der Waals surface area contributed by atoms with Crippen LogP contribution < -0.4 is 10.5 Å². The number of carbonyl (C=O) groups is 1. The Morgan fingerprint density at radius 3 is 2.58 bits per heavy atom. The molecule has 0 spiro atoms. The molecule has 1 aromatic carbocycles. The van der Waals surface area contributed by atoms with Gasteiger partial charge in [0.05, 0.1) is 12.8 Å². The monoisotopic (exact) mass is 267 g/mol. The molecule has 0 bridgehead atoms. The van der Waals surface area contributed by atoms with Crippen molar-refractivity contribution in [2.45, 2.75) is 0 Å². The van der Waals surface area contributed by atoms with Crippen LogP contribution in [-0.4, -0.2) is 22.6 Å². The highest BCUT2D eigenvalue weighted by Gasteiger charge is 2.19. The summed E-state index contributed by atoms with van der Waals surface area (Å²) < 4.78 is 33.5. The number of hydrogen-bond donors (Lipinski definition) is 1. The lowest BCUT2D eigenvalue weighted by Crippen LogP contribution is -2.16. The lowest BCUT2D eigenvalue weighted by Gasteiger charge is -2.05. The molecule has 0 saturated carbocycles. The predicted molar refractivity (Wildman–Crippen MR) is 63.6 cm³/mol. The van der Waals surface area contributed by atoms with Gasteiger partial charge in [-0.3, -0.25) is 4.79 Å². The molecule has 1 amide bonds. The molecular formula is C12H11F2N3O2. The lowest BCUT2D eigenvalue weighted by molar-refractivity contribution is 0.0987. The summed E-state index contributed by atoms with van der Waals surface area (Å²) in [5, 5.41) is 0. The van der Waals surface area contributed by atoms with Gasteiger partial charge in [0.25, 0.3) is 5.91 Å². The van der Waals surface area contributed by atoms with Gasteiger partial charge in [0.2, 0.25) is 5.82 Å². The van der Waals surface area contributed by atoms with E-state index in [1.165, 1.54) is 37.1 Å². The number of halogens is 2. The molecule has 0 fully saturated rings. The molecule has 0 radical (unpaired) electrons. The third-order valence-corrected chi connectivity index (χ3v) is 2.64. The number of primary amides is 1. The molecule has 1 heterocycles. The molecule has 0 aliphatic carbocycles. The van der Waals surface area contributed by atoms with Crippen molar-refractivity contribution in [3.63, 3.8) is 0 Å². The van der Waals surface area contributed by atoms with Crippen molar-refractivity contribution >= 4 is 5.91 Å². The zero-order chi connectivity index (χ0) is 14.2. The molecule has 2 aromatic rings. The number of aromatic nitrogens is 2. The van der Waals surface area contributed by atoms with Crippen molar-refractivity contribution in [3.8, 4) is 17.0 Å². The van der Waals surface area contributed by atoms with Crippen LogP contribution in [0, 0.1) is 11.6 Å². The van der Waals surface area contributed by atoms with Crippen LogP contribution >= 0.6 is 0 Å². The summed E-state index contributed by atoms with van der Waals surface area (Å²) in [5.41, 5.74) is 5.16. The van der Waals surface area contributed by atoms with E-state index in [4.69, 9.17) is 5.73 Å². The second-order valence-corrected chi connectivity index (χ2v) is 3.87. The average Bonchev–Trinajstić information content (AvgIpc) is 2.74. The number of hydrogen-bond acceptors (Lipinski definition) is 3. The Balaban J connectivity index is 2.57. The van der Waals surface area contributed by atoms with E-state index in [1.54, 1.807) is 0 Å². The van der Waals surface area contributed by atoms with Crippen LogP contribution in [0.5, 0.6) is 5.75 Å². The number of rotatable bonds is 3. The molecule has 0 saturated heterocycles. The van der Waals surface area contributed by atoms with Crippen LogP contribution in [0.3, 0.4) is 0 Å². The van der Waals surface area contributed by atoms with Gasteiger partial charge in [-0.2, -0.15) is 4.39 Å². The zero-order valence-corrected chi connectivity index (χ0v) is 10.3. The predicted octanol–water partition coefficient (Wildman–Crippen LogP) is 1.47. The van der Waals surface area contributed by atoms with Crippen LogP contribution in [0.2, 0.25) is 0 Å². The molecular weight excluding hydrogens is 256 g/mol. The molecule has 19 heavy (non-hydrogen) atoms. The van der Waals surface area contributed by atoms with E-state index < -0.39 is 17.5 Å². The summed E-state index contributed by atoms with van der Waals surface area (Å²) in [7, 11) is 2.78. The molecule has 0 aliphatic heterocycles. The van der Waals surface area contributed by atoms with Crippen molar-refractivity contribution in [3.05, 3.63) is 35.8 Å². The quantitative estimate of drug-likeness (QED) is 0.915. The topological polar surface area (TPSA) is 70.1 Å². The minimum absolute atomic E-state index is 0.0365. The van der Waals surface area contributed by atoms with Gasteiger partial charge in [-0.25, -0.2) is 9.37 Å². The van der Waals surface area contributed by atoms with Gasteiger partial charge in [0.1, 0.15) is 0 Å². The van der Waals surface area contributed by atoms with Gasteiger partial charge < -0.3 is 15.0 Å². The number of aryl methyl sites for hydroxylation is 1. The normalized spacial score (nSPS) is 10.5. The number of nitrogens with two attached hydrogens (primary N) is 1. The van der Waals surface area contributed by atoms with Gasteiger partial charge in [-0.15, -0.1) is 0 Å². The number of imidazole rings is 1. The Labute approximate surface area is 107 Å². The maximum atomic E-state index is 13.9. The molecule has 5 nitrogen and oxygen atoms in total. The highest BCUT2D eigenvalue weighted by Crippen LogP contribution is 2.28. The largest absolute Gasteiger partial charge is 0.494 e. The first-order chi connectivity index (χ1) is 8.95. The van der Waals surface area contributed by atoms with Gasteiger partial charge >= 0.3 is 0 Å². The minimum Gasteiger partial charge on any atom is -0.494 e. The molecule has 0 unspecified atom stereocenters. The average molecular weight is 267 g/mol. The van der Waals surface area contributed by atoms with Gasteiger partial charge in [0.15, 0.2) is 17.4 Å². The second kappa shape index (κ2) is 4.68. The molecule has 0 atom stereocenters. The minimum atomic E-state index is -1.11. The van der Waals surface area contributed by atoms with E-state index in [0.717, 1.165) is 0 Å². The van der Waals surface area contributed by atoms with E-state index in [0.29, 0.717) is 0 Å². The van der Waals surface area contributed by atoms with Crippen LogP contribution in [0.1, 0.15) is 10.6 Å². The lowest BCUT2D eigenvalue weighted by atomic mass is 10.1. The van der Waals surface area contributed by atoms with Crippen molar-refractivity contribution in [2.75, 3.05) is 7.11 Å². The molecule has 100 valence electrons. The fourth-order valence-electron chi connectivity index (χ4n) is 1.71. The smallest absolute Gasteiger partial charge is 0.284 e. The van der Waals surface area contributed by atoms with Crippen molar-refractivity contribution < 1.29 is 18.3 Å². The number of amides is 1. The standard InChI is InChI=1S/C12H11F2N3O2/c1-17-5-7(16-12(17)11(15)18)6-3-4-8(19-2)10(14)9(6)13/h3-5H,1-2H3,(H2,15,18). The Morgan fingerprint density at radius 2 is 2.05 bits per heavy atom. The van der Waals surface area contributed by atoms with Crippen molar-refractivity contribution in [1.82, 2.24) is 9.55 Å². The van der Waals surface area contributed by atoms with Crippen LogP contribution in [0.15, 0.2) is 18.3 Å². The van der Waals surface area contributed by atoms with Gasteiger partial charge in [0, 0.05) is 18.8 Å². The summed E-state index contributed by atoms with van der Waals surface area (Å²) in [5.74, 6) is -3.18. The highest BCUT2D eigenvalue weighted by atomic mass is 19.2. The summed E-state index contributed by atoms with van der Waals surface area (Å²) in [6.45, 7) is 0. The van der Waals surface area contributed by atoms with Crippen LogP contribution in [-0.2, 0) is 7.05 Å². The maximum absolute atomic E-state index is 13.9. The number of benzene rings is 1. The molecule has 2 N–H and O–H groups in total. The summed E-state index contributed by atoms with van der Waals surface area (Å²) >= 11 is 0. The van der Waals surface area contributed by atoms with Crippen molar-refractivity contribution in [2.24, 2.45) is 12.8 Å². The molecule has 2 rings (SSSR count). The van der Waals surface area contributed by atoms with Crippen molar-refractivity contribution in [1.29, 1.82) is 0 Å². The first-order valence-electron chi connectivity index (χ1n) is 5.31. The first kappa shape index (κ1) is 13.0. The fourth-order valence-corrected chi connectivity index (χ4v) is 1.71. The fraction of sp³-hybridized carbons (Fsp3) is 0.167. The Kier molecular flexibility index (Phi) is 3.20. The van der Waals surface area contributed by atoms with E-state index in [-0.39, 0.29) is 22.8 Å². The molecule has 1 aromatic heterocycles. The van der Waals surface area contributed by atoms with E-state index in [2.05, 4.69) is 9.72 Å². The highest BCUT2D eigenvalue weighted by molar-refractivity contribution is 5.90. The summed E-state index contributed by atoms with van der Waals surface area (Å²) in [4.78, 5) is 14.9. The Bertz CT molecular complexity index is 653. The molecule has 0 aliphatic rings. The number of carbonyl (C=O) groups excluding carboxylic acids is 1. The van der Waals surface area contributed by atoms with Gasteiger partial charge in [-0.05, 0) is 12.1 Å². The van der Waals surface area contributed by atoms with E-state index in [9.17, 15) is 13.6 Å². The van der Waals surface area contributed by atoms with Crippen LogP contribution in [0.25, 0.3) is 11.3 Å².